The first kappa shape index (κ1) is 15.7. The fourth-order valence-electron chi connectivity index (χ4n) is 1.51. The molecule has 1 heterocycles. The molecule has 0 saturated carbocycles. The lowest BCUT2D eigenvalue weighted by atomic mass is 10.2. The van der Waals surface area contributed by atoms with Gasteiger partial charge in [-0.2, -0.15) is 0 Å². The number of nitro benzene ring substituents is 1. The number of halogens is 3. The first-order valence-electron chi connectivity index (χ1n) is 5.45. The summed E-state index contributed by atoms with van der Waals surface area (Å²) >= 11 is 14.7. The fourth-order valence-corrected chi connectivity index (χ4v) is 2.22. The summed E-state index contributed by atoms with van der Waals surface area (Å²) in [6, 6.07) is 5.44. The molecule has 0 fully saturated rings. The first-order chi connectivity index (χ1) is 9.88. The van der Waals surface area contributed by atoms with Gasteiger partial charge in [0.15, 0.2) is 0 Å². The Kier molecular flexibility index (Phi) is 4.76. The number of pyridine rings is 1. The highest BCUT2D eigenvalue weighted by molar-refractivity contribution is 9.10. The van der Waals surface area contributed by atoms with Crippen molar-refractivity contribution in [2.45, 2.75) is 0 Å². The molecule has 0 spiro atoms. The Morgan fingerprint density at radius 3 is 2.71 bits per heavy atom. The van der Waals surface area contributed by atoms with Gasteiger partial charge in [-0.1, -0.05) is 23.2 Å². The number of nitrogens with zero attached hydrogens (tertiary/aromatic N) is 2. The Labute approximate surface area is 137 Å². The number of carbonyl (C=O) groups excluding carboxylic acids is 1. The zero-order valence-corrected chi connectivity index (χ0v) is 13.2. The van der Waals surface area contributed by atoms with Crippen LogP contribution in [0.25, 0.3) is 0 Å². The molecule has 0 aliphatic heterocycles. The minimum absolute atomic E-state index is 0.0137. The molecule has 0 aliphatic rings. The van der Waals surface area contributed by atoms with E-state index >= 15 is 0 Å². The number of nitro groups is 1. The Bertz CT molecular complexity index is 740. The molecule has 0 aliphatic carbocycles. The number of benzene rings is 1. The molecule has 108 valence electrons. The molecule has 0 bridgehead atoms. The van der Waals surface area contributed by atoms with Gasteiger partial charge < -0.3 is 5.32 Å². The van der Waals surface area contributed by atoms with Gasteiger partial charge in [0.2, 0.25) is 0 Å². The summed E-state index contributed by atoms with van der Waals surface area (Å²) in [5.41, 5.74) is 0.0729. The minimum Gasteiger partial charge on any atom is -0.322 e. The molecular weight excluding hydrogens is 385 g/mol. The first-order valence-corrected chi connectivity index (χ1v) is 6.99. The number of nitrogens with one attached hydrogen (secondary N) is 1. The van der Waals surface area contributed by atoms with Crippen molar-refractivity contribution in [1.82, 2.24) is 4.98 Å². The molecule has 1 aromatic heterocycles. The largest absolute Gasteiger partial charge is 0.322 e. The molecule has 1 aromatic carbocycles. The lowest BCUT2D eigenvalue weighted by Crippen LogP contribution is -2.13. The van der Waals surface area contributed by atoms with Crippen molar-refractivity contribution in [3.8, 4) is 0 Å². The van der Waals surface area contributed by atoms with E-state index in [9.17, 15) is 14.9 Å². The highest BCUT2D eigenvalue weighted by Gasteiger charge is 2.16. The summed E-state index contributed by atoms with van der Waals surface area (Å²) in [7, 11) is 0. The van der Waals surface area contributed by atoms with Crippen LogP contribution in [-0.4, -0.2) is 15.8 Å². The molecule has 0 radical (unpaired) electrons. The van der Waals surface area contributed by atoms with Crippen LogP contribution >= 0.6 is 39.1 Å². The Hall–Kier alpha value is -1.70. The molecule has 21 heavy (non-hydrogen) atoms. The second-order valence-electron chi connectivity index (χ2n) is 3.87. The van der Waals surface area contributed by atoms with Crippen LogP contribution in [0.15, 0.2) is 34.9 Å². The molecule has 9 heteroatoms. The maximum absolute atomic E-state index is 12.1. The maximum atomic E-state index is 12.1. The van der Waals surface area contributed by atoms with E-state index in [4.69, 9.17) is 23.2 Å². The second-order valence-corrected chi connectivity index (χ2v) is 5.55. The molecule has 0 saturated heterocycles. The number of carbonyl (C=O) groups is 1. The average molecular weight is 391 g/mol. The zero-order chi connectivity index (χ0) is 15.6. The van der Waals surface area contributed by atoms with Crippen LogP contribution < -0.4 is 5.32 Å². The lowest BCUT2D eigenvalue weighted by Gasteiger charge is -2.07. The number of rotatable bonds is 3. The molecule has 0 atom stereocenters. The van der Waals surface area contributed by atoms with Gasteiger partial charge in [-0.05, 0) is 34.1 Å². The average Bonchev–Trinajstić information content (AvgIpc) is 2.43. The van der Waals surface area contributed by atoms with Gasteiger partial charge in [-0.3, -0.25) is 14.9 Å². The van der Waals surface area contributed by atoms with Gasteiger partial charge in [0.05, 0.1) is 10.5 Å². The fraction of sp³-hybridized carbons (Fsp3) is 0. The lowest BCUT2D eigenvalue weighted by molar-refractivity contribution is -0.384. The molecule has 0 unspecified atom stereocenters. The Morgan fingerprint density at radius 1 is 1.33 bits per heavy atom. The number of hydrogen-bond acceptors (Lipinski definition) is 4. The summed E-state index contributed by atoms with van der Waals surface area (Å²) in [5, 5.41) is 13.3. The van der Waals surface area contributed by atoms with Crippen LogP contribution in [0.4, 0.5) is 11.4 Å². The van der Waals surface area contributed by atoms with Gasteiger partial charge in [0.1, 0.15) is 10.2 Å². The van der Waals surface area contributed by atoms with Gasteiger partial charge >= 0.3 is 0 Å². The van der Waals surface area contributed by atoms with Crippen LogP contribution in [0.3, 0.4) is 0 Å². The van der Waals surface area contributed by atoms with E-state index in [0.29, 0.717) is 4.47 Å². The van der Waals surface area contributed by atoms with Crippen molar-refractivity contribution in [2.75, 3.05) is 5.32 Å². The smallest absolute Gasteiger partial charge is 0.289 e. The standard InChI is InChI=1S/C12H6BrCl2N3O3/c13-6-3-8(11(15)16-5-6)12(19)17-7-1-2-9(14)10(4-7)18(20)21/h1-5H,(H,17,19). The minimum atomic E-state index is -0.633. The quantitative estimate of drug-likeness (QED) is 0.480. The van der Waals surface area contributed by atoms with Crippen molar-refractivity contribution in [3.63, 3.8) is 0 Å². The van der Waals surface area contributed by atoms with Crippen molar-refractivity contribution in [3.05, 3.63) is 60.8 Å². The van der Waals surface area contributed by atoms with Crippen LogP contribution in [0.2, 0.25) is 10.2 Å². The topological polar surface area (TPSA) is 85.1 Å². The molecule has 6 nitrogen and oxygen atoms in total. The van der Waals surface area contributed by atoms with Crippen LogP contribution in [0.1, 0.15) is 10.4 Å². The number of amides is 1. The molecule has 2 rings (SSSR count). The predicted octanol–water partition coefficient (Wildman–Crippen LogP) is 4.31. The highest BCUT2D eigenvalue weighted by Crippen LogP contribution is 2.28. The molecule has 1 amide bonds. The molecule has 1 N–H and O–H groups in total. The molecular formula is C12H6BrCl2N3O3. The van der Waals surface area contributed by atoms with Crippen LogP contribution in [0.5, 0.6) is 0 Å². The number of hydrogen-bond donors (Lipinski definition) is 1. The van der Waals surface area contributed by atoms with Crippen molar-refractivity contribution < 1.29 is 9.72 Å². The van der Waals surface area contributed by atoms with E-state index in [1.54, 1.807) is 0 Å². The van der Waals surface area contributed by atoms with Crippen molar-refractivity contribution >= 4 is 56.4 Å². The van der Waals surface area contributed by atoms with E-state index in [2.05, 4.69) is 26.2 Å². The van der Waals surface area contributed by atoms with E-state index in [1.807, 2.05) is 0 Å². The third-order valence-corrected chi connectivity index (χ3v) is 3.51. The second kappa shape index (κ2) is 6.38. The van der Waals surface area contributed by atoms with E-state index in [0.717, 1.165) is 0 Å². The van der Waals surface area contributed by atoms with Crippen LogP contribution in [-0.2, 0) is 0 Å². The van der Waals surface area contributed by atoms with Gasteiger partial charge in [-0.25, -0.2) is 4.98 Å². The third-order valence-electron chi connectivity index (χ3n) is 2.45. The summed E-state index contributed by atoms with van der Waals surface area (Å²) in [6.45, 7) is 0. The summed E-state index contributed by atoms with van der Waals surface area (Å²) in [5.74, 6) is -0.537. The number of aromatic nitrogens is 1. The summed E-state index contributed by atoms with van der Waals surface area (Å²) in [6.07, 6.45) is 1.45. The predicted molar refractivity (Wildman–Crippen MR) is 83.0 cm³/mol. The highest BCUT2D eigenvalue weighted by atomic mass is 79.9. The van der Waals surface area contributed by atoms with E-state index in [-0.39, 0.29) is 27.1 Å². The SMILES string of the molecule is O=C(Nc1ccc(Cl)c([N+](=O)[O-])c1)c1cc(Br)cnc1Cl. The maximum Gasteiger partial charge on any atom is 0.289 e. The number of anilines is 1. The van der Waals surface area contributed by atoms with Crippen LogP contribution in [0, 0.1) is 10.1 Å². The Morgan fingerprint density at radius 2 is 2.05 bits per heavy atom. The normalized spacial score (nSPS) is 10.2. The Balaban J connectivity index is 2.29. The van der Waals surface area contributed by atoms with E-state index in [1.165, 1.54) is 30.5 Å². The zero-order valence-electron chi connectivity index (χ0n) is 10.1. The van der Waals surface area contributed by atoms with Crippen molar-refractivity contribution in [2.24, 2.45) is 0 Å². The van der Waals surface area contributed by atoms with Gasteiger partial charge in [-0.15, -0.1) is 0 Å². The monoisotopic (exact) mass is 389 g/mol. The van der Waals surface area contributed by atoms with E-state index < -0.39 is 10.8 Å². The van der Waals surface area contributed by atoms with Gasteiger partial charge in [0, 0.05) is 22.4 Å². The van der Waals surface area contributed by atoms with Gasteiger partial charge in [0.25, 0.3) is 11.6 Å². The van der Waals surface area contributed by atoms with Crippen molar-refractivity contribution in [1.29, 1.82) is 0 Å². The third kappa shape index (κ3) is 3.69. The summed E-state index contributed by atoms with van der Waals surface area (Å²) < 4.78 is 0.583. The molecule has 2 aromatic rings. The summed E-state index contributed by atoms with van der Waals surface area (Å²) in [4.78, 5) is 26.1.